The Balaban J connectivity index is 1.76. The lowest BCUT2D eigenvalue weighted by Gasteiger charge is -2.35. The Hall–Kier alpha value is -1.59. The minimum atomic E-state index is -0.197. The number of hydrogen-bond acceptors (Lipinski definition) is 3. The molecule has 1 atom stereocenters. The molecule has 26 heavy (non-hydrogen) atoms. The first-order valence-electron chi connectivity index (χ1n) is 8.66. The number of benzene rings is 2. The van der Waals surface area contributed by atoms with Crippen molar-refractivity contribution in [3.05, 3.63) is 69.2 Å². The SMILES string of the molecule is Cc1cccc(C(CNC(=O)c2ccc(Cl)cc2Cl)N2CCOCC2)c1. The third-order valence-electron chi connectivity index (χ3n) is 4.55. The van der Waals surface area contributed by atoms with Gasteiger partial charge in [0.15, 0.2) is 0 Å². The summed E-state index contributed by atoms with van der Waals surface area (Å²) in [5, 5.41) is 3.89. The number of rotatable bonds is 5. The minimum Gasteiger partial charge on any atom is -0.379 e. The molecular formula is C20H22Cl2N2O2. The van der Waals surface area contributed by atoms with Gasteiger partial charge in [-0.05, 0) is 30.7 Å². The predicted molar refractivity (Wildman–Crippen MR) is 105 cm³/mol. The number of amides is 1. The van der Waals surface area contributed by atoms with Crippen LogP contribution in [-0.4, -0.2) is 43.7 Å². The standard InChI is InChI=1S/C20H22Cl2N2O2/c1-14-3-2-4-15(11-14)19(24-7-9-26-10-8-24)13-23-20(25)17-6-5-16(21)12-18(17)22/h2-6,11-12,19H,7-10,13H2,1H3,(H,23,25). The van der Waals surface area contributed by atoms with Crippen molar-refractivity contribution in [3.8, 4) is 0 Å². The highest BCUT2D eigenvalue weighted by atomic mass is 35.5. The molecule has 1 amide bonds. The van der Waals surface area contributed by atoms with E-state index in [1.165, 1.54) is 11.1 Å². The van der Waals surface area contributed by atoms with E-state index in [1.54, 1.807) is 18.2 Å². The number of aryl methyl sites for hydroxylation is 1. The van der Waals surface area contributed by atoms with Gasteiger partial charge in [0, 0.05) is 24.7 Å². The van der Waals surface area contributed by atoms with Crippen molar-refractivity contribution in [3.63, 3.8) is 0 Å². The Morgan fingerprint density at radius 3 is 2.65 bits per heavy atom. The molecule has 1 aliphatic heterocycles. The number of halogens is 2. The van der Waals surface area contributed by atoms with E-state index in [-0.39, 0.29) is 11.9 Å². The zero-order chi connectivity index (χ0) is 18.5. The van der Waals surface area contributed by atoms with Crippen molar-refractivity contribution in [1.82, 2.24) is 10.2 Å². The van der Waals surface area contributed by atoms with E-state index in [0.29, 0.717) is 35.4 Å². The monoisotopic (exact) mass is 392 g/mol. The Morgan fingerprint density at radius 1 is 1.19 bits per heavy atom. The largest absolute Gasteiger partial charge is 0.379 e. The van der Waals surface area contributed by atoms with Crippen LogP contribution >= 0.6 is 23.2 Å². The van der Waals surface area contributed by atoms with Crippen LogP contribution in [0.5, 0.6) is 0 Å². The third-order valence-corrected chi connectivity index (χ3v) is 5.09. The highest BCUT2D eigenvalue weighted by molar-refractivity contribution is 6.36. The molecule has 2 aromatic rings. The number of nitrogens with one attached hydrogen (secondary N) is 1. The van der Waals surface area contributed by atoms with E-state index >= 15 is 0 Å². The van der Waals surface area contributed by atoms with Gasteiger partial charge >= 0.3 is 0 Å². The molecule has 0 saturated carbocycles. The van der Waals surface area contributed by atoms with Gasteiger partial charge in [-0.3, -0.25) is 9.69 Å². The average molecular weight is 393 g/mol. The fourth-order valence-corrected chi connectivity index (χ4v) is 3.68. The maximum Gasteiger partial charge on any atom is 0.252 e. The lowest BCUT2D eigenvalue weighted by Crippen LogP contribution is -2.43. The van der Waals surface area contributed by atoms with Crippen LogP contribution in [0.25, 0.3) is 0 Å². The molecule has 1 heterocycles. The van der Waals surface area contributed by atoms with E-state index in [4.69, 9.17) is 27.9 Å². The van der Waals surface area contributed by atoms with Gasteiger partial charge in [0.25, 0.3) is 5.91 Å². The Morgan fingerprint density at radius 2 is 1.96 bits per heavy atom. The zero-order valence-electron chi connectivity index (χ0n) is 14.7. The van der Waals surface area contributed by atoms with Crippen molar-refractivity contribution in [1.29, 1.82) is 0 Å². The molecule has 138 valence electrons. The smallest absolute Gasteiger partial charge is 0.252 e. The molecule has 1 saturated heterocycles. The summed E-state index contributed by atoms with van der Waals surface area (Å²) in [6, 6.07) is 13.4. The molecule has 0 bridgehead atoms. The lowest BCUT2D eigenvalue weighted by atomic mass is 10.0. The van der Waals surface area contributed by atoms with Gasteiger partial charge in [-0.2, -0.15) is 0 Å². The molecule has 1 unspecified atom stereocenters. The molecule has 3 rings (SSSR count). The summed E-state index contributed by atoms with van der Waals surface area (Å²) >= 11 is 12.1. The van der Waals surface area contributed by atoms with Gasteiger partial charge in [0.2, 0.25) is 0 Å². The zero-order valence-corrected chi connectivity index (χ0v) is 16.2. The van der Waals surface area contributed by atoms with Gasteiger partial charge in [-0.15, -0.1) is 0 Å². The number of morpholine rings is 1. The Kier molecular flexibility index (Phi) is 6.54. The molecule has 1 fully saturated rings. The lowest BCUT2D eigenvalue weighted by molar-refractivity contribution is 0.0162. The van der Waals surface area contributed by atoms with Crippen LogP contribution in [0, 0.1) is 6.92 Å². The van der Waals surface area contributed by atoms with E-state index in [2.05, 4.69) is 41.4 Å². The number of hydrogen-bond donors (Lipinski definition) is 1. The second-order valence-electron chi connectivity index (χ2n) is 6.41. The molecular weight excluding hydrogens is 371 g/mol. The van der Waals surface area contributed by atoms with Crippen molar-refractivity contribution < 1.29 is 9.53 Å². The molecule has 0 radical (unpaired) electrons. The second-order valence-corrected chi connectivity index (χ2v) is 7.26. The van der Waals surface area contributed by atoms with Crippen LogP contribution in [0.2, 0.25) is 10.0 Å². The molecule has 0 aromatic heterocycles. The van der Waals surface area contributed by atoms with Crippen molar-refractivity contribution in [2.75, 3.05) is 32.8 Å². The fraction of sp³-hybridized carbons (Fsp3) is 0.350. The highest BCUT2D eigenvalue weighted by Gasteiger charge is 2.24. The molecule has 1 N–H and O–H groups in total. The molecule has 4 nitrogen and oxygen atoms in total. The average Bonchev–Trinajstić information content (AvgIpc) is 2.63. The Labute approximate surface area is 164 Å². The summed E-state index contributed by atoms with van der Waals surface area (Å²) in [5.41, 5.74) is 2.82. The van der Waals surface area contributed by atoms with Crippen LogP contribution in [-0.2, 0) is 4.74 Å². The summed E-state index contributed by atoms with van der Waals surface area (Å²) < 4.78 is 5.47. The van der Waals surface area contributed by atoms with E-state index in [9.17, 15) is 4.79 Å². The first kappa shape index (κ1) is 19.2. The topological polar surface area (TPSA) is 41.6 Å². The van der Waals surface area contributed by atoms with Crippen molar-refractivity contribution in [2.24, 2.45) is 0 Å². The number of ether oxygens (including phenoxy) is 1. The van der Waals surface area contributed by atoms with Crippen molar-refractivity contribution in [2.45, 2.75) is 13.0 Å². The van der Waals surface area contributed by atoms with Crippen LogP contribution < -0.4 is 5.32 Å². The molecule has 1 aliphatic rings. The summed E-state index contributed by atoms with van der Waals surface area (Å²) in [6.07, 6.45) is 0. The quantitative estimate of drug-likeness (QED) is 0.832. The fourth-order valence-electron chi connectivity index (χ4n) is 3.18. The molecule has 6 heteroatoms. The maximum atomic E-state index is 12.6. The summed E-state index contributed by atoms with van der Waals surface area (Å²) in [5.74, 6) is -0.197. The van der Waals surface area contributed by atoms with Crippen LogP contribution in [0.3, 0.4) is 0 Å². The summed E-state index contributed by atoms with van der Waals surface area (Å²) in [4.78, 5) is 14.9. The predicted octanol–water partition coefficient (Wildman–Crippen LogP) is 4.11. The minimum absolute atomic E-state index is 0.0915. The van der Waals surface area contributed by atoms with Gasteiger partial charge in [-0.1, -0.05) is 53.0 Å². The van der Waals surface area contributed by atoms with Crippen molar-refractivity contribution >= 4 is 29.1 Å². The van der Waals surface area contributed by atoms with Crippen LogP contribution in [0.1, 0.15) is 27.5 Å². The van der Waals surface area contributed by atoms with Gasteiger partial charge in [0.05, 0.1) is 29.8 Å². The number of carbonyl (C=O) groups excluding carboxylic acids is 1. The molecule has 0 spiro atoms. The molecule has 2 aromatic carbocycles. The van der Waals surface area contributed by atoms with E-state index in [1.807, 2.05) is 0 Å². The van der Waals surface area contributed by atoms with E-state index in [0.717, 1.165) is 13.1 Å². The van der Waals surface area contributed by atoms with E-state index < -0.39 is 0 Å². The first-order chi connectivity index (χ1) is 12.5. The molecule has 0 aliphatic carbocycles. The highest BCUT2D eigenvalue weighted by Crippen LogP contribution is 2.24. The maximum absolute atomic E-state index is 12.6. The number of nitrogens with zero attached hydrogens (tertiary/aromatic N) is 1. The van der Waals surface area contributed by atoms with Gasteiger partial charge < -0.3 is 10.1 Å². The first-order valence-corrected chi connectivity index (χ1v) is 9.42. The summed E-state index contributed by atoms with van der Waals surface area (Å²) in [6.45, 7) is 5.68. The van der Waals surface area contributed by atoms with Gasteiger partial charge in [-0.25, -0.2) is 0 Å². The second kappa shape index (κ2) is 8.87. The van der Waals surface area contributed by atoms with Gasteiger partial charge in [0.1, 0.15) is 0 Å². The summed E-state index contributed by atoms with van der Waals surface area (Å²) in [7, 11) is 0. The third kappa shape index (κ3) is 4.77. The Bertz CT molecular complexity index is 776. The normalized spacial score (nSPS) is 16.3. The van der Waals surface area contributed by atoms with Crippen LogP contribution in [0.4, 0.5) is 0 Å². The number of carbonyl (C=O) groups is 1. The van der Waals surface area contributed by atoms with Crippen LogP contribution in [0.15, 0.2) is 42.5 Å².